The highest BCUT2D eigenvalue weighted by Crippen LogP contribution is 2.10. The summed E-state index contributed by atoms with van der Waals surface area (Å²) in [5.74, 6) is -0.245. The van der Waals surface area contributed by atoms with Gasteiger partial charge in [-0.2, -0.15) is 0 Å². The molecule has 0 amide bonds. The van der Waals surface area contributed by atoms with Crippen molar-refractivity contribution in [1.29, 1.82) is 0 Å². The molecule has 0 N–H and O–H groups in total. The van der Waals surface area contributed by atoms with Crippen LogP contribution in [0.2, 0.25) is 0 Å². The molecule has 0 fully saturated rings. The van der Waals surface area contributed by atoms with Crippen molar-refractivity contribution in [2.45, 2.75) is 84.5 Å². The third-order valence-electron chi connectivity index (χ3n) is 6.37. The third-order valence-corrected chi connectivity index (χ3v) is 6.37. The number of hydrogen-bond acceptors (Lipinski definition) is 11. The van der Waals surface area contributed by atoms with Crippen molar-refractivity contribution in [2.75, 3.05) is 126 Å². The molecule has 0 saturated carbocycles. The van der Waals surface area contributed by atoms with Gasteiger partial charge in [0.1, 0.15) is 0 Å². The first-order valence-electron chi connectivity index (χ1n) is 17.2. The second kappa shape index (κ2) is 40.1. The smallest absolute Gasteiger partial charge is 0.308 e. The fourth-order valence-electron chi connectivity index (χ4n) is 3.94. The van der Waals surface area contributed by atoms with Gasteiger partial charge in [-0.3, -0.25) is 4.79 Å². The van der Waals surface area contributed by atoms with E-state index < -0.39 is 0 Å². The van der Waals surface area contributed by atoms with Crippen LogP contribution < -0.4 is 0 Å². The van der Waals surface area contributed by atoms with E-state index in [1.54, 1.807) is 6.92 Å². The van der Waals surface area contributed by atoms with E-state index in [9.17, 15) is 4.79 Å². The fourth-order valence-corrected chi connectivity index (χ4v) is 3.94. The summed E-state index contributed by atoms with van der Waals surface area (Å²) in [6.45, 7) is 14.0. The van der Waals surface area contributed by atoms with Crippen LogP contribution in [0.25, 0.3) is 0 Å². The molecule has 0 rings (SSSR count). The Balaban J connectivity index is 3.05. The second-order valence-electron chi connectivity index (χ2n) is 10.2. The zero-order valence-corrected chi connectivity index (χ0v) is 28.2. The molecule has 44 heavy (non-hydrogen) atoms. The Morgan fingerprint density at radius 2 is 0.614 bits per heavy atom. The van der Waals surface area contributed by atoms with E-state index in [1.807, 2.05) is 0 Å². The van der Waals surface area contributed by atoms with Crippen LogP contribution in [0.5, 0.6) is 0 Å². The van der Waals surface area contributed by atoms with Crippen molar-refractivity contribution >= 4 is 5.97 Å². The largest absolute Gasteiger partial charge is 0.466 e. The first kappa shape index (κ1) is 43.1. The molecule has 0 aliphatic carbocycles. The molecule has 0 aromatic heterocycles. The SMILES string of the molecule is CCCCCCCCCCCCOCCOCCOCCOCCOCCOCCOCCOCCOCCC(=O)OCC. The van der Waals surface area contributed by atoms with Gasteiger partial charge < -0.3 is 47.4 Å². The number of hydrogen-bond donors (Lipinski definition) is 0. The summed E-state index contributed by atoms with van der Waals surface area (Å²) in [6.07, 6.45) is 13.7. The molecule has 0 radical (unpaired) electrons. The molecule has 264 valence electrons. The predicted octanol–water partition coefficient (Wildman–Crippen LogP) is 5.01. The maximum absolute atomic E-state index is 11.1. The van der Waals surface area contributed by atoms with Crippen molar-refractivity contribution < 1.29 is 52.2 Å². The minimum absolute atomic E-state index is 0.245. The van der Waals surface area contributed by atoms with Crippen molar-refractivity contribution in [1.82, 2.24) is 0 Å². The van der Waals surface area contributed by atoms with Gasteiger partial charge in [-0.25, -0.2) is 0 Å². The Hall–Kier alpha value is -0.890. The Labute approximate surface area is 268 Å². The van der Waals surface area contributed by atoms with Crippen molar-refractivity contribution in [3.63, 3.8) is 0 Å². The third kappa shape index (κ3) is 39.1. The van der Waals surface area contributed by atoms with Crippen molar-refractivity contribution in [2.24, 2.45) is 0 Å². The van der Waals surface area contributed by atoms with Gasteiger partial charge in [-0.05, 0) is 13.3 Å². The van der Waals surface area contributed by atoms with Crippen LogP contribution in [-0.2, 0) is 52.2 Å². The zero-order valence-electron chi connectivity index (χ0n) is 28.2. The second-order valence-corrected chi connectivity index (χ2v) is 10.2. The lowest BCUT2D eigenvalue weighted by Gasteiger charge is -2.09. The standard InChI is InChI=1S/C33H66O11/c1-3-5-6-7-8-9-10-11-12-13-15-35-17-19-37-21-23-39-25-27-41-29-31-43-32-30-42-28-26-40-24-22-38-20-18-36-16-14-33(34)44-4-2/h3-32H2,1-2H3. The molecule has 0 atom stereocenters. The normalized spacial score (nSPS) is 11.4. The molecule has 11 heteroatoms. The van der Waals surface area contributed by atoms with E-state index in [2.05, 4.69) is 6.92 Å². The van der Waals surface area contributed by atoms with Gasteiger partial charge in [0.15, 0.2) is 0 Å². The first-order chi connectivity index (χ1) is 21.8. The van der Waals surface area contributed by atoms with Crippen LogP contribution in [0.15, 0.2) is 0 Å². The monoisotopic (exact) mass is 638 g/mol. The van der Waals surface area contributed by atoms with E-state index in [4.69, 9.17) is 47.4 Å². The van der Waals surface area contributed by atoms with Gasteiger partial charge in [0.2, 0.25) is 0 Å². The van der Waals surface area contributed by atoms with Gasteiger partial charge in [-0.1, -0.05) is 64.7 Å². The molecule has 0 unspecified atom stereocenters. The topological polar surface area (TPSA) is 109 Å². The maximum atomic E-state index is 11.1. The summed E-state index contributed by atoms with van der Waals surface area (Å²) in [6, 6.07) is 0. The Bertz CT molecular complexity index is 540. The summed E-state index contributed by atoms with van der Waals surface area (Å²) in [5.41, 5.74) is 0. The fraction of sp³-hybridized carbons (Fsp3) is 0.970. The summed E-state index contributed by atoms with van der Waals surface area (Å²) >= 11 is 0. The van der Waals surface area contributed by atoms with Gasteiger partial charge in [0.05, 0.1) is 125 Å². The van der Waals surface area contributed by atoms with E-state index in [0.717, 1.165) is 13.0 Å². The van der Waals surface area contributed by atoms with Crippen molar-refractivity contribution in [3.8, 4) is 0 Å². The van der Waals surface area contributed by atoms with Crippen molar-refractivity contribution in [3.05, 3.63) is 0 Å². The number of esters is 1. The van der Waals surface area contributed by atoms with E-state index >= 15 is 0 Å². The minimum atomic E-state index is -0.245. The first-order valence-corrected chi connectivity index (χ1v) is 17.2. The molecule has 0 bridgehead atoms. The van der Waals surface area contributed by atoms with Gasteiger partial charge >= 0.3 is 5.97 Å². The number of ether oxygens (including phenoxy) is 10. The van der Waals surface area contributed by atoms with Crippen LogP contribution in [0.3, 0.4) is 0 Å². The Kier molecular flexibility index (Phi) is 39.3. The quantitative estimate of drug-likeness (QED) is 0.0670. The van der Waals surface area contributed by atoms with E-state index in [-0.39, 0.29) is 12.4 Å². The number of rotatable bonds is 39. The highest BCUT2D eigenvalue weighted by molar-refractivity contribution is 5.69. The number of carbonyl (C=O) groups is 1. The summed E-state index contributed by atoms with van der Waals surface area (Å²) in [5, 5.41) is 0. The molecule has 0 spiro atoms. The molecule has 0 aromatic carbocycles. The van der Waals surface area contributed by atoms with Gasteiger partial charge in [0, 0.05) is 6.61 Å². The lowest BCUT2D eigenvalue weighted by atomic mass is 10.1. The average Bonchev–Trinajstić information content (AvgIpc) is 3.02. The molecular formula is C33H66O11. The molecule has 11 nitrogen and oxygen atoms in total. The molecule has 0 aliphatic rings. The minimum Gasteiger partial charge on any atom is -0.466 e. The average molecular weight is 639 g/mol. The van der Waals surface area contributed by atoms with Gasteiger partial charge in [0.25, 0.3) is 0 Å². The van der Waals surface area contributed by atoms with Crippen LogP contribution in [0, 0.1) is 0 Å². The van der Waals surface area contributed by atoms with Crippen LogP contribution >= 0.6 is 0 Å². The van der Waals surface area contributed by atoms with E-state index in [1.165, 1.54) is 57.8 Å². The Morgan fingerprint density at radius 3 is 0.932 bits per heavy atom. The number of unbranched alkanes of at least 4 members (excludes halogenated alkanes) is 9. The molecule has 0 saturated heterocycles. The maximum Gasteiger partial charge on any atom is 0.308 e. The lowest BCUT2D eigenvalue weighted by Crippen LogP contribution is -2.15. The van der Waals surface area contributed by atoms with E-state index in [0.29, 0.717) is 119 Å². The highest BCUT2D eigenvalue weighted by atomic mass is 16.6. The molecule has 0 aliphatic heterocycles. The van der Waals surface area contributed by atoms with Crippen LogP contribution in [0.4, 0.5) is 0 Å². The summed E-state index contributed by atoms with van der Waals surface area (Å²) < 4.78 is 54.1. The molecule has 0 heterocycles. The summed E-state index contributed by atoms with van der Waals surface area (Å²) in [7, 11) is 0. The molecule has 0 aromatic rings. The molecular weight excluding hydrogens is 572 g/mol. The number of carbonyl (C=O) groups excluding carboxylic acids is 1. The zero-order chi connectivity index (χ0) is 31.9. The Morgan fingerprint density at radius 1 is 0.341 bits per heavy atom. The van der Waals surface area contributed by atoms with Crippen LogP contribution in [0.1, 0.15) is 84.5 Å². The van der Waals surface area contributed by atoms with Gasteiger partial charge in [-0.15, -0.1) is 0 Å². The summed E-state index contributed by atoms with van der Waals surface area (Å²) in [4.78, 5) is 11.1. The van der Waals surface area contributed by atoms with Crippen LogP contribution in [-0.4, -0.2) is 132 Å². The lowest BCUT2D eigenvalue weighted by molar-refractivity contribution is -0.144. The predicted molar refractivity (Wildman–Crippen MR) is 170 cm³/mol. The highest BCUT2D eigenvalue weighted by Gasteiger charge is 2.01.